The molecule has 92 valence electrons. The zero-order valence-electron chi connectivity index (χ0n) is 9.93. The number of nitriles is 1. The first-order chi connectivity index (χ1) is 8.60. The second-order valence-corrected chi connectivity index (χ2v) is 4.29. The minimum atomic E-state index is -0.469. The van der Waals surface area contributed by atoms with E-state index in [1.807, 2.05) is 25.1 Å². The molecule has 0 radical (unpaired) electrons. The normalized spacial score (nSPS) is 20.3. The van der Waals surface area contributed by atoms with Crippen molar-refractivity contribution in [1.82, 2.24) is 10.6 Å². The van der Waals surface area contributed by atoms with Gasteiger partial charge in [-0.05, 0) is 24.6 Å². The van der Waals surface area contributed by atoms with Crippen LogP contribution in [0.5, 0.6) is 0 Å². The van der Waals surface area contributed by atoms with Gasteiger partial charge in [-0.15, -0.1) is 0 Å². The predicted molar refractivity (Wildman–Crippen MR) is 64.3 cm³/mol. The van der Waals surface area contributed by atoms with Gasteiger partial charge in [0.15, 0.2) is 0 Å². The Labute approximate surface area is 105 Å². The van der Waals surface area contributed by atoms with Gasteiger partial charge in [-0.1, -0.05) is 12.1 Å². The van der Waals surface area contributed by atoms with Crippen LogP contribution >= 0.6 is 0 Å². The van der Waals surface area contributed by atoms with E-state index in [-0.39, 0.29) is 24.3 Å². The molecule has 0 saturated carbocycles. The fourth-order valence-corrected chi connectivity index (χ4v) is 1.93. The molecule has 1 aliphatic heterocycles. The second kappa shape index (κ2) is 4.98. The molecular weight excluding hydrogens is 230 g/mol. The summed E-state index contributed by atoms with van der Waals surface area (Å²) >= 11 is 0. The van der Waals surface area contributed by atoms with E-state index in [0.29, 0.717) is 5.56 Å². The summed E-state index contributed by atoms with van der Waals surface area (Å²) in [6, 6.07) is 8.66. The van der Waals surface area contributed by atoms with Crippen LogP contribution in [-0.2, 0) is 9.59 Å². The minimum absolute atomic E-state index is 0.0561. The molecule has 1 aromatic carbocycles. The Kier molecular flexibility index (Phi) is 3.40. The Morgan fingerprint density at radius 3 is 2.56 bits per heavy atom. The van der Waals surface area contributed by atoms with Crippen LogP contribution in [0, 0.1) is 11.3 Å². The van der Waals surface area contributed by atoms with Crippen LogP contribution in [0.2, 0.25) is 0 Å². The predicted octanol–water partition coefficient (Wildman–Crippen LogP) is 0.624. The topological polar surface area (TPSA) is 82.0 Å². The molecule has 5 nitrogen and oxygen atoms in total. The van der Waals surface area contributed by atoms with Crippen LogP contribution in [0.1, 0.15) is 30.5 Å². The molecule has 0 aromatic heterocycles. The lowest BCUT2D eigenvalue weighted by Crippen LogP contribution is -2.37. The SMILES string of the molecule is CC(NC1CC(=O)NC1=O)c1ccc(C#N)cc1. The molecule has 2 amide bonds. The van der Waals surface area contributed by atoms with Crippen molar-refractivity contribution in [2.75, 3.05) is 0 Å². The van der Waals surface area contributed by atoms with E-state index < -0.39 is 6.04 Å². The fourth-order valence-electron chi connectivity index (χ4n) is 1.93. The molecule has 18 heavy (non-hydrogen) atoms. The quantitative estimate of drug-likeness (QED) is 0.763. The van der Waals surface area contributed by atoms with E-state index in [0.717, 1.165) is 5.56 Å². The summed E-state index contributed by atoms with van der Waals surface area (Å²) in [6.45, 7) is 1.91. The number of carbonyl (C=O) groups is 2. The van der Waals surface area contributed by atoms with E-state index >= 15 is 0 Å². The summed E-state index contributed by atoms with van der Waals surface area (Å²) in [4.78, 5) is 22.5. The van der Waals surface area contributed by atoms with Gasteiger partial charge in [0.1, 0.15) is 0 Å². The van der Waals surface area contributed by atoms with Crippen molar-refractivity contribution in [3.63, 3.8) is 0 Å². The second-order valence-electron chi connectivity index (χ2n) is 4.29. The average molecular weight is 243 g/mol. The largest absolute Gasteiger partial charge is 0.299 e. The Balaban J connectivity index is 2.03. The van der Waals surface area contributed by atoms with Crippen molar-refractivity contribution in [2.24, 2.45) is 0 Å². The standard InChI is InChI=1S/C13H13N3O2/c1-8(10-4-2-9(7-14)3-5-10)15-11-6-12(17)16-13(11)18/h2-5,8,11,15H,6H2,1H3,(H,16,17,18). The van der Waals surface area contributed by atoms with Crippen molar-refractivity contribution in [3.05, 3.63) is 35.4 Å². The molecule has 0 aliphatic carbocycles. The van der Waals surface area contributed by atoms with E-state index in [1.54, 1.807) is 12.1 Å². The van der Waals surface area contributed by atoms with Crippen LogP contribution in [0.25, 0.3) is 0 Å². The molecule has 2 rings (SSSR count). The number of amides is 2. The number of nitrogens with one attached hydrogen (secondary N) is 2. The molecular formula is C13H13N3O2. The van der Waals surface area contributed by atoms with Gasteiger partial charge in [-0.3, -0.25) is 20.2 Å². The number of benzene rings is 1. The molecule has 2 unspecified atom stereocenters. The monoisotopic (exact) mass is 243 g/mol. The van der Waals surface area contributed by atoms with Gasteiger partial charge in [0, 0.05) is 6.04 Å². The van der Waals surface area contributed by atoms with E-state index in [1.165, 1.54) is 0 Å². The van der Waals surface area contributed by atoms with Gasteiger partial charge < -0.3 is 0 Å². The Morgan fingerprint density at radius 2 is 2.06 bits per heavy atom. The average Bonchev–Trinajstić information content (AvgIpc) is 2.68. The number of imide groups is 1. The molecule has 1 aliphatic rings. The van der Waals surface area contributed by atoms with Crippen molar-refractivity contribution < 1.29 is 9.59 Å². The third-order valence-corrected chi connectivity index (χ3v) is 2.96. The highest BCUT2D eigenvalue weighted by molar-refractivity contribution is 6.05. The molecule has 1 aromatic rings. The summed E-state index contributed by atoms with van der Waals surface area (Å²) < 4.78 is 0. The van der Waals surface area contributed by atoms with Crippen LogP contribution < -0.4 is 10.6 Å². The number of carbonyl (C=O) groups excluding carboxylic acids is 2. The molecule has 0 spiro atoms. The fraction of sp³-hybridized carbons (Fsp3) is 0.308. The lowest BCUT2D eigenvalue weighted by molar-refractivity contribution is -0.125. The van der Waals surface area contributed by atoms with Crippen LogP contribution in [0.3, 0.4) is 0 Å². The summed E-state index contributed by atoms with van der Waals surface area (Å²) in [6.07, 6.45) is 0.180. The van der Waals surface area contributed by atoms with Gasteiger partial charge in [-0.25, -0.2) is 0 Å². The summed E-state index contributed by atoms with van der Waals surface area (Å²) in [5.74, 6) is -0.523. The van der Waals surface area contributed by atoms with E-state index in [9.17, 15) is 9.59 Å². The first-order valence-electron chi connectivity index (χ1n) is 5.70. The van der Waals surface area contributed by atoms with Gasteiger partial charge in [0.2, 0.25) is 11.8 Å². The molecule has 1 heterocycles. The lowest BCUT2D eigenvalue weighted by atomic mass is 10.1. The third-order valence-electron chi connectivity index (χ3n) is 2.96. The summed E-state index contributed by atoms with van der Waals surface area (Å²) in [5, 5.41) is 14.1. The number of nitrogens with zero attached hydrogens (tertiary/aromatic N) is 1. The molecule has 1 fully saturated rings. The van der Waals surface area contributed by atoms with Gasteiger partial charge in [-0.2, -0.15) is 5.26 Å². The molecule has 2 atom stereocenters. The van der Waals surface area contributed by atoms with Crippen molar-refractivity contribution in [1.29, 1.82) is 5.26 Å². The maximum atomic E-state index is 11.4. The van der Waals surface area contributed by atoms with Gasteiger partial charge >= 0.3 is 0 Å². The van der Waals surface area contributed by atoms with Crippen LogP contribution in [0.15, 0.2) is 24.3 Å². The van der Waals surface area contributed by atoms with E-state index in [2.05, 4.69) is 10.6 Å². The highest BCUT2D eigenvalue weighted by Crippen LogP contribution is 2.15. The Morgan fingerprint density at radius 1 is 1.39 bits per heavy atom. The lowest BCUT2D eigenvalue weighted by Gasteiger charge is -2.17. The Bertz CT molecular complexity index is 516. The molecule has 2 N–H and O–H groups in total. The zero-order valence-corrected chi connectivity index (χ0v) is 9.93. The first-order valence-corrected chi connectivity index (χ1v) is 5.70. The number of hydrogen-bond acceptors (Lipinski definition) is 4. The number of rotatable bonds is 3. The first kappa shape index (κ1) is 12.3. The maximum absolute atomic E-state index is 11.4. The summed E-state index contributed by atoms with van der Waals surface area (Å²) in [5.41, 5.74) is 1.57. The van der Waals surface area contributed by atoms with Gasteiger partial charge in [0.05, 0.1) is 24.1 Å². The van der Waals surface area contributed by atoms with Crippen LogP contribution in [-0.4, -0.2) is 17.9 Å². The summed E-state index contributed by atoms with van der Waals surface area (Å²) in [7, 11) is 0. The van der Waals surface area contributed by atoms with Crippen LogP contribution in [0.4, 0.5) is 0 Å². The molecule has 1 saturated heterocycles. The van der Waals surface area contributed by atoms with Crippen molar-refractivity contribution >= 4 is 11.8 Å². The Hall–Kier alpha value is -2.19. The molecule has 0 bridgehead atoms. The number of hydrogen-bond donors (Lipinski definition) is 2. The smallest absolute Gasteiger partial charge is 0.244 e. The minimum Gasteiger partial charge on any atom is -0.299 e. The molecule has 5 heteroatoms. The zero-order chi connectivity index (χ0) is 13.1. The van der Waals surface area contributed by atoms with Crippen molar-refractivity contribution in [3.8, 4) is 6.07 Å². The third kappa shape index (κ3) is 2.55. The highest BCUT2D eigenvalue weighted by Gasteiger charge is 2.31. The van der Waals surface area contributed by atoms with Crippen molar-refractivity contribution in [2.45, 2.75) is 25.4 Å². The van der Waals surface area contributed by atoms with Gasteiger partial charge in [0.25, 0.3) is 0 Å². The maximum Gasteiger partial charge on any atom is 0.244 e. The highest BCUT2D eigenvalue weighted by atomic mass is 16.2. The van der Waals surface area contributed by atoms with E-state index in [4.69, 9.17) is 5.26 Å².